The molecule has 0 bridgehead atoms. The molecule has 1 rings (SSSR count). The van der Waals surface area contributed by atoms with Gasteiger partial charge in [0, 0.05) is 12.1 Å². The van der Waals surface area contributed by atoms with Gasteiger partial charge in [-0.2, -0.15) is 13.2 Å². The SMILES string of the molecule is COC(=O)[C@](NC(=O)CC(C)C)(Nc1cc(C)cc(C)n1)C(F)(F)F. The molecular formula is C16H22F3N3O3. The first-order chi connectivity index (χ1) is 11.4. The van der Waals surface area contributed by atoms with Crippen molar-refractivity contribution in [3.8, 4) is 0 Å². The highest BCUT2D eigenvalue weighted by molar-refractivity contribution is 5.91. The predicted molar refractivity (Wildman–Crippen MR) is 85.7 cm³/mol. The van der Waals surface area contributed by atoms with Gasteiger partial charge < -0.3 is 15.4 Å². The standard InChI is InChI=1S/C16H22F3N3O3/c1-9(2)6-13(23)22-15(14(24)25-5,16(17,18)19)21-12-8-10(3)7-11(4)20-12/h7-9H,6H2,1-5H3,(H,20,21)(H,22,23)/t15-/m1/s1. The number of nitrogens with one attached hydrogen (secondary N) is 2. The van der Waals surface area contributed by atoms with Crippen molar-refractivity contribution in [3.05, 3.63) is 23.4 Å². The van der Waals surface area contributed by atoms with Crippen LogP contribution in [0.4, 0.5) is 19.0 Å². The monoisotopic (exact) mass is 361 g/mol. The van der Waals surface area contributed by atoms with Crippen molar-refractivity contribution in [1.82, 2.24) is 10.3 Å². The highest BCUT2D eigenvalue weighted by atomic mass is 19.4. The number of carbonyl (C=O) groups excluding carboxylic acids is 2. The van der Waals surface area contributed by atoms with Crippen molar-refractivity contribution < 1.29 is 27.5 Å². The van der Waals surface area contributed by atoms with Gasteiger partial charge in [-0.15, -0.1) is 0 Å². The molecule has 6 nitrogen and oxygen atoms in total. The summed E-state index contributed by atoms with van der Waals surface area (Å²) < 4.78 is 45.7. The number of alkyl halides is 3. The van der Waals surface area contributed by atoms with Gasteiger partial charge in [0.05, 0.1) is 7.11 Å². The molecule has 0 radical (unpaired) electrons. The van der Waals surface area contributed by atoms with Crippen LogP contribution >= 0.6 is 0 Å². The van der Waals surface area contributed by atoms with E-state index in [-0.39, 0.29) is 18.2 Å². The van der Waals surface area contributed by atoms with Crippen molar-refractivity contribution in [2.24, 2.45) is 5.92 Å². The van der Waals surface area contributed by atoms with Crippen molar-refractivity contribution >= 4 is 17.7 Å². The number of hydrogen-bond acceptors (Lipinski definition) is 5. The molecule has 0 spiro atoms. The van der Waals surface area contributed by atoms with Gasteiger partial charge in [0.1, 0.15) is 5.82 Å². The topological polar surface area (TPSA) is 80.3 Å². The minimum Gasteiger partial charge on any atom is -0.466 e. The molecule has 0 fully saturated rings. The van der Waals surface area contributed by atoms with Gasteiger partial charge >= 0.3 is 17.8 Å². The Labute approximate surface area is 144 Å². The zero-order valence-electron chi connectivity index (χ0n) is 14.7. The summed E-state index contributed by atoms with van der Waals surface area (Å²) in [5, 5.41) is 3.78. The summed E-state index contributed by atoms with van der Waals surface area (Å²) in [6.45, 7) is 6.62. The average molecular weight is 361 g/mol. The molecule has 9 heteroatoms. The molecule has 1 amide bonds. The van der Waals surface area contributed by atoms with Crippen molar-refractivity contribution in [2.45, 2.75) is 46.0 Å². The van der Waals surface area contributed by atoms with Crippen molar-refractivity contribution in [1.29, 1.82) is 0 Å². The lowest BCUT2D eigenvalue weighted by atomic mass is 10.1. The molecule has 0 aromatic carbocycles. The maximum Gasteiger partial charge on any atom is 0.441 e. The van der Waals surface area contributed by atoms with E-state index in [1.54, 1.807) is 39.1 Å². The highest BCUT2D eigenvalue weighted by Crippen LogP contribution is 2.33. The van der Waals surface area contributed by atoms with Gasteiger partial charge in [-0.25, -0.2) is 9.78 Å². The summed E-state index contributed by atoms with van der Waals surface area (Å²) >= 11 is 0. The summed E-state index contributed by atoms with van der Waals surface area (Å²) in [6.07, 6.45) is -5.34. The zero-order valence-corrected chi connectivity index (χ0v) is 14.7. The molecule has 1 heterocycles. The number of methoxy groups -OCH3 is 1. The van der Waals surface area contributed by atoms with Gasteiger partial charge in [0.2, 0.25) is 5.91 Å². The Bertz CT molecular complexity index is 627. The van der Waals surface area contributed by atoms with E-state index in [1.165, 1.54) is 6.07 Å². The van der Waals surface area contributed by atoms with Crippen LogP contribution in [0.1, 0.15) is 31.5 Å². The van der Waals surface area contributed by atoms with Crippen LogP contribution in [0.2, 0.25) is 0 Å². The summed E-state index contributed by atoms with van der Waals surface area (Å²) in [6, 6.07) is 3.00. The Hall–Kier alpha value is -2.32. The van der Waals surface area contributed by atoms with Gasteiger partial charge in [0.15, 0.2) is 0 Å². The Morgan fingerprint density at radius 3 is 2.28 bits per heavy atom. The lowest BCUT2D eigenvalue weighted by molar-refractivity contribution is -0.206. The fourth-order valence-electron chi connectivity index (χ4n) is 2.27. The lowest BCUT2D eigenvalue weighted by Gasteiger charge is -2.35. The molecule has 0 aliphatic carbocycles. The third-order valence-corrected chi connectivity index (χ3v) is 3.25. The quantitative estimate of drug-likeness (QED) is 0.602. The molecule has 1 aromatic rings. The Morgan fingerprint density at radius 2 is 1.84 bits per heavy atom. The number of rotatable bonds is 6. The summed E-state index contributed by atoms with van der Waals surface area (Å²) in [7, 11) is 0.814. The number of amides is 1. The summed E-state index contributed by atoms with van der Waals surface area (Å²) in [5.41, 5.74) is -2.33. The van der Waals surface area contributed by atoms with Crippen LogP contribution in [0.3, 0.4) is 0 Å². The number of aryl methyl sites for hydroxylation is 2. The normalized spacial score (nSPS) is 14.0. The number of carbonyl (C=O) groups is 2. The first kappa shape index (κ1) is 20.7. The smallest absolute Gasteiger partial charge is 0.441 e. The number of anilines is 1. The number of hydrogen-bond donors (Lipinski definition) is 2. The second kappa shape index (κ2) is 7.71. The number of halogens is 3. The molecule has 0 saturated heterocycles. The molecule has 1 atom stereocenters. The number of ether oxygens (including phenoxy) is 1. The van der Waals surface area contributed by atoms with E-state index < -0.39 is 23.7 Å². The third-order valence-electron chi connectivity index (χ3n) is 3.25. The first-order valence-corrected chi connectivity index (χ1v) is 7.61. The molecule has 140 valence electrons. The van der Waals surface area contributed by atoms with Crippen LogP contribution in [-0.4, -0.2) is 35.8 Å². The van der Waals surface area contributed by atoms with E-state index in [2.05, 4.69) is 9.72 Å². The van der Waals surface area contributed by atoms with E-state index in [9.17, 15) is 22.8 Å². The Balaban J connectivity index is 3.38. The molecule has 2 N–H and O–H groups in total. The molecule has 0 aliphatic rings. The predicted octanol–water partition coefficient (Wildman–Crippen LogP) is 2.70. The van der Waals surface area contributed by atoms with Crippen molar-refractivity contribution in [3.63, 3.8) is 0 Å². The van der Waals surface area contributed by atoms with E-state index in [1.807, 2.05) is 5.32 Å². The largest absolute Gasteiger partial charge is 0.466 e. The Morgan fingerprint density at radius 1 is 1.24 bits per heavy atom. The zero-order chi connectivity index (χ0) is 19.4. The lowest BCUT2D eigenvalue weighted by Crippen LogP contribution is -2.69. The first-order valence-electron chi connectivity index (χ1n) is 7.61. The second-order valence-electron chi connectivity index (χ2n) is 6.18. The van der Waals surface area contributed by atoms with Crippen LogP contribution in [0.25, 0.3) is 0 Å². The highest BCUT2D eigenvalue weighted by Gasteiger charge is 2.63. The van der Waals surface area contributed by atoms with E-state index in [0.29, 0.717) is 11.3 Å². The Kier molecular flexibility index (Phi) is 6.39. The van der Waals surface area contributed by atoms with Gasteiger partial charge in [-0.3, -0.25) is 4.79 Å². The number of nitrogens with zero attached hydrogens (tertiary/aromatic N) is 1. The summed E-state index contributed by atoms with van der Waals surface area (Å²) in [5.74, 6) is -3.01. The second-order valence-corrected chi connectivity index (χ2v) is 6.18. The maximum absolute atomic E-state index is 13.8. The third kappa shape index (κ3) is 5.07. The number of esters is 1. The summed E-state index contributed by atoms with van der Waals surface area (Å²) in [4.78, 5) is 28.0. The fourth-order valence-corrected chi connectivity index (χ4v) is 2.27. The van der Waals surface area contributed by atoms with Gasteiger partial charge in [-0.1, -0.05) is 13.8 Å². The minimum absolute atomic E-state index is 0.184. The molecule has 1 aromatic heterocycles. The maximum atomic E-state index is 13.8. The molecule has 0 aliphatic heterocycles. The van der Waals surface area contributed by atoms with E-state index in [0.717, 1.165) is 7.11 Å². The molecule has 0 saturated carbocycles. The number of aromatic nitrogens is 1. The van der Waals surface area contributed by atoms with Crippen molar-refractivity contribution in [2.75, 3.05) is 12.4 Å². The van der Waals surface area contributed by atoms with Gasteiger partial charge in [0.25, 0.3) is 0 Å². The van der Waals surface area contributed by atoms with E-state index in [4.69, 9.17) is 0 Å². The number of pyridine rings is 1. The molecule has 0 unspecified atom stereocenters. The molecular weight excluding hydrogens is 339 g/mol. The molecule has 25 heavy (non-hydrogen) atoms. The minimum atomic E-state index is -5.16. The fraction of sp³-hybridized carbons (Fsp3) is 0.562. The van der Waals surface area contributed by atoms with Crippen LogP contribution in [0.5, 0.6) is 0 Å². The van der Waals surface area contributed by atoms with Crippen LogP contribution in [0, 0.1) is 19.8 Å². The van der Waals surface area contributed by atoms with Crippen LogP contribution in [-0.2, 0) is 14.3 Å². The van der Waals surface area contributed by atoms with Crippen LogP contribution < -0.4 is 10.6 Å². The van der Waals surface area contributed by atoms with Crippen LogP contribution in [0.15, 0.2) is 12.1 Å². The van der Waals surface area contributed by atoms with Gasteiger partial charge in [-0.05, 0) is 37.5 Å². The average Bonchev–Trinajstić information content (AvgIpc) is 2.42. The van der Waals surface area contributed by atoms with E-state index >= 15 is 0 Å².